The number of carbonyl (C=O) groups is 1. The van der Waals surface area contributed by atoms with Gasteiger partial charge >= 0.3 is 5.97 Å². The van der Waals surface area contributed by atoms with E-state index in [1.54, 1.807) is 12.1 Å². The van der Waals surface area contributed by atoms with Gasteiger partial charge in [-0.3, -0.25) is 4.79 Å². The van der Waals surface area contributed by atoms with E-state index in [0.29, 0.717) is 12.2 Å². The fourth-order valence-corrected chi connectivity index (χ4v) is 2.75. The van der Waals surface area contributed by atoms with Gasteiger partial charge in [0.25, 0.3) is 0 Å². The van der Waals surface area contributed by atoms with Crippen molar-refractivity contribution in [3.8, 4) is 5.75 Å². The average Bonchev–Trinajstić information content (AvgIpc) is 2.17. The summed E-state index contributed by atoms with van der Waals surface area (Å²) >= 11 is 1.42. The highest BCUT2D eigenvalue weighted by Gasteiger charge is 2.25. The Morgan fingerprint density at radius 2 is 2.29 bits per heavy atom. The third-order valence-corrected chi connectivity index (χ3v) is 3.65. The van der Waals surface area contributed by atoms with E-state index in [4.69, 9.17) is 5.11 Å². The molecule has 3 nitrogen and oxygen atoms in total. The second kappa shape index (κ2) is 3.53. The Kier molecular flexibility index (Phi) is 2.37. The van der Waals surface area contributed by atoms with Crippen LogP contribution >= 0.6 is 11.8 Å². The molecule has 2 rings (SSSR count). The maximum atomic E-state index is 10.8. The van der Waals surface area contributed by atoms with E-state index >= 15 is 0 Å². The lowest BCUT2D eigenvalue weighted by atomic mass is 10.0. The zero-order valence-electron chi connectivity index (χ0n) is 7.43. The lowest BCUT2D eigenvalue weighted by Crippen LogP contribution is -2.22. The van der Waals surface area contributed by atoms with Crippen molar-refractivity contribution in [3.63, 3.8) is 0 Å². The number of hydrogen-bond donors (Lipinski definition) is 2. The van der Waals surface area contributed by atoms with Crippen LogP contribution in [-0.4, -0.2) is 21.9 Å². The Bertz CT molecular complexity index is 376. The third kappa shape index (κ3) is 1.57. The van der Waals surface area contributed by atoms with Crippen LogP contribution in [0.25, 0.3) is 0 Å². The monoisotopic (exact) mass is 210 g/mol. The van der Waals surface area contributed by atoms with Gasteiger partial charge in [0.15, 0.2) is 0 Å². The molecule has 1 atom stereocenters. The first kappa shape index (κ1) is 9.40. The number of rotatable bonds is 1. The number of phenolic OH excluding ortho intramolecular Hbond substituents is 1. The quantitative estimate of drug-likeness (QED) is 0.741. The number of aromatic hydroxyl groups is 1. The van der Waals surface area contributed by atoms with Crippen LogP contribution in [0.15, 0.2) is 23.1 Å². The minimum absolute atomic E-state index is 0.260. The minimum atomic E-state index is -0.758. The number of fused-ring (bicyclic) bond motifs is 1. The zero-order chi connectivity index (χ0) is 10.1. The molecule has 2 N–H and O–H groups in total. The largest absolute Gasteiger partial charge is 0.507 e. The molecular formula is C10H10O3S. The Morgan fingerprint density at radius 1 is 1.50 bits per heavy atom. The van der Waals surface area contributed by atoms with Crippen molar-refractivity contribution in [2.45, 2.75) is 11.3 Å². The van der Waals surface area contributed by atoms with Crippen LogP contribution in [0.1, 0.15) is 5.56 Å². The van der Waals surface area contributed by atoms with E-state index in [-0.39, 0.29) is 11.7 Å². The second-order valence-corrected chi connectivity index (χ2v) is 4.35. The third-order valence-electron chi connectivity index (χ3n) is 2.32. The first-order chi connectivity index (χ1) is 6.68. The molecule has 0 aromatic heterocycles. The molecule has 1 aromatic carbocycles. The summed E-state index contributed by atoms with van der Waals surface area (Å²) in [5.74, 6) is -0.281. The molecule has 14 heavy (non-hydrogen) atoms. The molecule has 0 amide bonds. The van der Waals surface area contributed by atoms with Crippen LogP contribution < -0.4 is 0 Å². The van der Waals surface area contributed by atoms with Crippen molar-refractivity contribution in [2.75, 3.05) is 5.75 Å². The molecule has 0 spiro atoms. The Morgan fingerprint density at radius 3 is 3.00 bits per heavy atom. The molecule has 74 valence electrons. The number of aliphatic carboxylic acids is 1. The molecule has 0 aliphatic carbocycles. The summed E-state index contributed by atoms with van der Waals surface area (Å²) in [6.45, 7) is 0. The van der Waals surface area contributed by atoms with Crippen LogP contribution in [-0.2, 0) is 11.2 Å². The number of benzene rings is 1. The van der Waals surface area contributed by atoms with Gasteiger partial charge in [0.2, 0.25) is 0 Å². The van der Waals surface area contributed by atoms with Gasteiger partial charge in [0, 0.05) is 5.75 Å². The fraction of sp³-hybridized carbons (Fsp3) is 0.300. The highest BCUT2D eigenvalue weighted by atomic mass is 32.2. The van der Waals surface area contributed by atoms with E-state index in [1.807, 2.05) is 6.07 Å². The molecule has 1 aromatic rings. The number of thioether (sulfide) groups is 1. The van der Waals surface area contributed by atoms with Crippen molar-refractivity contribution < 1.29 is 15.0 Å². The number of carboxylic acid groups (broad SMARTS) is 1. The summed E-state index contributed by atoms with van der Waals surface area (Å²) in [5.41, 5.74) is 0.939. The number of carboxylic acids is 1. The predicted molar refractivity (Wildman–Crippen MR) is 53.7 cm³/mol. The SMILES string of the molecule is O=C(O)C1CSc2c(O)cccc2C1. The molecule has 1 aliphatic heterocycles. The van der Waals surface area contributed by atoms with Gasteiger partial charge in [-0.05, 0) is 18.1 Å². The number of phenols is 1. The highest BCUT2D eigenvalue weighted by molar-refractivity contribution is 7.99. The Labute approximate surface area is 85.8 Å². The van der Waals surface area contributed by atoms with E-state index in [2.05, 4.69) is 0 Å². The van der Waals surface area contributed by atoms with Crippen molar-refractivity contribution >= 4 is 17.7 Å². The van der Waals surface area contributed by atoms with Crippen LogP contribution in [0.3, 0.4) is 0 Å². The molecule has 0 bridgehead atoms. The zero-order valence-corrected chi connectivity index (χ0v) is 8.25. The van der Waals surface area contributed by atoms with Crippen LogP contribution in [0.5, 0.6) is 5.75 Å². The summed E-state index contributed by atoms with van der Waals surface area (Å²) in [6.07, 6.45) is 0.520. The smallest absolute Gasteiger partial charge is 0.307 e. The molecular weight excluding hydrogens is 200 g/mol. The number of hydrogen-bond acceptors (Lipinski definition) is 3. The Hall–Kier alpha value is -1.16. The highest BCUT2D eigenvalue weighted by Crippen LogP contribution is 2.38. The fourth-order valence-electron chi connectivity index (χ4n) is 1.57. The maximum Gasteiger partial charge on any atom is 0.307 e. The molecule has 1 aliphatic rings. The summed E-state index contributed by atoms with van der Waals surface area (Å²) in [6, 6.07) is 5.25. The van der Waals surface area contributed by atoms with Gasteiger partial charge in [-0.15, -0.1) is 11.8 Å². The van der Waals surface area contributed by atoms with Crippen LogP contribution in [0.4, 0.5) is 0 Å². The van der Waals surface area contributed by atoms with Crippen LogP contribution in [0, 0.1) is 5.92 Å². The lowest BCUT2D eigenvalue weighted by Gasteiger charge is -2.21. The van der Waals surface area contributed by atoms with Crippen molar-refractivity contribution in [1.29, 1.82) is 0 Å². The summed E-state index contributed by atoms with van der Waals surface area (Å²) in [5, 5.41) is 18.4. The topological polar surface area (TPSA) is 57.5 Å². The standard InChI is InChI=1S/C10H10O3S/c11-8-3-1-2-6-4-7(10(12)13)5-14-9(6)8/h1-3,7,11H,4-5H2,(H,12,13). The van der Waals surface area contributed by atoms with Gasteiger partial charge in [0.05, 0.1) is 10.8 Å². The van der Waals surface area contributed by atoms with E-state index in [9.17, 15) is 9.90 Å². The van der Waals surface area contributed by atoms with Crippen molar-refractivity contribution in [3.05, 3.63) is 23.8 Å². The molecule has 0 radical (unpaired) electrons. The van der Waals surface area contributed by atoms with Crippen molar-refractivity contribution in [2.24, 2.45) is 5.92 Å². The first-order valence-electron chi connectivity index (χ1n) is 4.35. The van der Waals surface area contributed by atoms with E-state index in [1.165, 1.54) is 11.8 Å². The van der Waals surface area contributed by atoms with Gasteiger partial charge < -0.3 is 10.2 Å². The van der Waals surface area contributed by atoms with Gasteiger partial charge in [-0.1, -0.05) is 12.1 Å². The van der Waals surface area contributed by atoms with Gasteiger partial charge in [-0.2, -0.15) is 0 Å². The molecule has 0 fully saturated rings. The molecule has 0 saturated heterocycles. The Balaban J connectivity index is 2.31. The average molecular weight is 210 g/mol. The maximum absolute atomic E-state index is 10.8. The molecule has 1 heterocycles. The molecule has 0 saturated carbocycles. The van der Waals surface area contributed by atoms with Crippen molar-refractivity contribution in [1.82, 2.24) is 0 Å². The first-order valence-corrected chi connectivity index (χ1v) is 5.33. The van der Waals surface area contributed by atoms with E-state index < -0.39 is 5.97 Å². The summed E-state index contributed by atoms with van der Waals surface area (Å²) < 4.78 is 0. The summed E-state index contributed by atoms with van der Waals surface area (Å²) in [4.78, 5) is 11.6. The van der Waals surface area contributed by atoms with Crippen LogP contribution in [0.2, 0.25) is 0 Å². The minimum Gasteiger partial charge on any atom is -0.507 e. The predicted octanol–water partition coefficient (Wildman–Crippen LogP) is 1.74. The second-order valence-electron chi connectivity index (χ2n) is 3.32. The van der Waals surface area contributed by atoms with Gasteiger partial charge in [-0.25, -0.2) is 0 Å². The molecule has 4 heteroatoms. The molecule has 1 unspecified atom stereocenters. The summed E-state index contributed by atoms with van der Waals surface area (Å²) in [7, 11) is 0. The van der Waals surface area contributed by atoms with Gasteiger partial charge in [0.1, 0.15) is 5.75 Å². The van der Waals surface area contributed by atoms with E-state index in [0.717, 1.165) is 10.5 Å². The normalized spacial score (nSPS) is 20.1. The lowest BCUT2D eigenvalue weighted by molar-refractivity contribution is -0.140.